The van der Waals surface area contributed by atoms with E-state index in [1.807, 2.05) is 19.1 Å². The summed E-state index contributed by atoms with van der Waals surface area (Å²) in [4.78, 5) is 8.23. The minimum Gasteiger partial charge on any atom is -0.423 e. The van der Waals surface area contributed by atoms with Gasteiger partial charge < -0.3 is 9.73 Å². The topological polar surface area (TPSA) is 51.0 Å². The van der Waals surface area contributed by atoms with Crippen LogP contribution in [0.25, 0.3) is 11.3 Å². The summed E-state index contributed by atoms with van der Waals surface area (Å²) < 4.78 is 5.49. The molecule has 0 unspecified atom stereocenters. The van der Waals surface area contributed by atoms with E-state index in [9.17, 15) is 0 Å². The molecule has 0 atom stereocenters. The molecule has 0 radical (unpaired) electrons. The Bertz CT molecular complexity index is 422. The fraction of sp³-hybridized carbons (Fsp3) is 0.200. The number of rotatable bonds is 2. The minimum absolute atomic E-state index is 0.529. The molecule has 1 N–H and O–H groups in total. The third kappa shape index (κ3) is 1.46. The van der Waals surface area contributed by atoms with E-state index in [0.29, 0.717) is 6.01 Å². The van der Waals surface area contributed by atoms with Crippen LogP contribution in [0.15, 0.2) is 28.9 Å². The SMILES string of the molecule is CNc1nc(C)c(-c2cccnc2)o1. The number of hydrogen-bond donors (Lipinski definition) is 1. The lowest BCUT2D eigenvalue weighted by Crippen LogP contribution is -1.85. The molecule has 2 rings (SSSR count). The zero-order valence-electron chi connectivity index (χ0n) is 8.11. The van der Waals surface area contributed by atoms with Gasteiger partial charge in [-0.15, -0.1) is 0 Å². The summed E-state index contributed by atoms with van der Waals surface area (Å²) in [5.41, 5.74) is 1.81. The second-order valence-corrected chi connectivity index (χ2v) is 2.93. The van der Waals surface area contributed by atoms with Crippen LogP contribution in [0.2, 0.25) is 0 Å². The molecule has 0 aliphatic rings. The van der Waals surface area contributed by atoms with Gasteiger partial charge in [-0.1, -0.05) is 0 Å². The Morgan fingerprint density at radius 2 is 2.29 bits per heavy atom. The van der Waals surface area contributed by atoms with Gasteiger partial charge in [0.05, 0.1) is 5.69 Å². The van der Waals surface area contributed by atoms with Crippen molar-refractivity contribution in [2.45, 2.75) is 6.92 Å². The molecule has 0 spiro atoms. The highest BCUT2D eigenvalue weighted by Gasteiger charge is 2.09. The van der Waals surface area contributed by atoms with E-state index < -0.39 is 0 Å². The van der Waals surface area contributed by atoms with Crippen LogP contribution >= 0.6 is 0 Å². The number of oxazole rings is 1. The van der Waals surface area contributed by atoms with Gasteiger partial charge >= 0.3 is 0 Å². The lowest BCUT2D eigenvalue weighted by Gasteiger charge is -1.95. The Morgan fingerprint density at radius 1 is 1.43 bits per heavy atom. The molecule has 2 heterocycles. The third-order valence-corrected chi connectivity index (χ3v) is 1.93. The van der Waals surface area contributed by atoms with Crippen LogP contribution in [-0.4, -0.2) is 17.0 Å². The third-order valence-electron chi connectivity index (χ3n) is 1.93. The summed E-state index contributed by atoms with van der Waals surface area (Å²) in [5, 5.41) is 2.86. The highest BCUT2D eigenvalue weighted by Crippen LogP contribution is 2.25. The first-order valence-electron chi connectivity index (χ1n) is 4.37. The van der Waals surface area contributed by atoms with Gasteiger partial charge in [0, 0.05) is 25.0 Å². The van der Waals surface area contributed by atoms with Crippen molar-refractivity contribution >= 4 is 6.01 Å². The van der Waals surface area contributed by atoms with Gasteiger partial charge in [-0.2, -0.15) is 4.98 Å². The van der Waals surface area contributed by atoms with Gasteiger partial charge in [0.15, 0.2) is 5.76 Å². The van der Waals surface area contributed by atoms with Gasteiger partial charge in [0.1, 0.15) is 0 Å². The molecule has 4 heteroatoms. The van der Waals surface area contributed by atoms with Crippen LogP contribution in [0.1, 0.15) is 5.69 Å². The molecule has 72 valence electrons. The number of nitrogens with one attached hydrogen (secondary N) is 1. The Morgan fingerprint density at radius 3 is 2.86 bits per heavy atom. The highest BCUT2D eigenvalue weighted by molar-refractivity contribution is 5.59. The fourth-order valence-corrected chi connectivity index (χ4v) is 1.27. The van der Waals surface area contributed by atoms with Gasteiger partial charge in [0.2, 0.25) is 0 Å². The number of aryl methyl sites for hydroxylation is 1. The van der Waals surface area contributed by atoms with Crippen molar-refractivity contribution in [1.82, 2.24) is 9.97 Å². The number of pyridine rings is 1. The van der Waals surface area contributed by atoms with E-state index in [2.05, 4.69) is 15.3 Å². The Kier molecular flexibility index (Phi) is 2.18. The van der Waals surface area contributed by atoms with Gasteiger partial charge in [-0.3, -0.25) is 4.98 Å². The number of aromatic nitrogens is 2. The lowest BCUT2D eigenvalue weighted by atomic mass is 10.2. The van der Waals surface area contributed by atoms with E-state index in [1.54, 1.807) is 19.4 Å². The molecule has 0 aliphatic heterocycles. The van der Waals surface area contributed by atoms with Crippen LogP contribution in [0.4, 0.5) is 6.01 Å². The van der Waals surface area contributed by atoms with E-state index in [0.717, 1.165) is 17.0 Å². The van der Waals surface area contributed by atoms with E-state index >= 15 is 0 Å². The van der Waals surface area contributed by atoms with Crippen LogP contribution in [0.3, 0.4) is 0 Å². The van der Waals surface area contributed by atoms with Crippen molar-refractivity contribution in [3.8, 4) is 11.3 Å². The van der Waals surface area contributed by atoms with Gasteiger partial charge in [-0.25, -0.2) is 0 Å². The molecule has 14 heavy (non-hydrogen) atoms. The monoisotopic (exact) mass is 189 g/mol. The van der Waals surface area contributed by atoms with Gasteiger partial charge in [0.25, 0.3) is 6.01 Å². The summed E-state index contributed by atoms with van der Waals surface area (Å²) in [5.74, 6) is 0.766. The first-order valence-corrected chi connectivity index (χ1v) is 4.37. The first-order chi connectivity index (χ1) is 6.81. The summed E-state index contributed by atoms with van der Waals surface area (Å²) >= 11 is 0. The zero-order valence-corrected chi connectivity index (χ0v) is 8.11. The molecule has 0 amide bonds. The predicted molar refractivity (Wildman–Crippen MR) is 54.0 cm³/mol. The maximum absolute atomic E-state index is 5.49. The largest absolute Gasteiger partial charge is 0.423 e. The van der Waals surface area contributed by atoms with Gasteiger partial charge in [-0.05, 0) is 19.1 Å². The maximum atomic E-state index is 5.49. The van der Waals surface area contributed by atoms with E-state index in [1.165, 1.54) is 0 Å². The Balaban J connectivity index is 2.46. The second kappa shape index (κ2) is 3.49. The summed E-state index contributed by atoms with van der Waals surface area (Å²) in [6.45, 7) is 1.91. The summed E-state index contributed by atoms with van der Waals surface area (Å²) in [6.07, 6.45) is 3.49. The fourth-order valence-electron chi connectivity index (χ4n) is 1.27. The van der Waals surface area contributed by atoms with E-state index in [4.69, 9.17) is 4.42 Å². The maximum Gasteiger partial charge on any atom is 0.295 e. The number of nitrogens with zero attached hydrogens (tertiary/aromatic N) is 2. The summed E-state index contributed by atoms with van der Waals surface area (Å²) in [7, 11) is 1.78. The minimum atomic E-state index is 0.529. The van der Waals surface area contributed by atoms with Crippen LogP contribution in [-0.2, 0) is 0 Å². The normalized spacial score (nSPS) is 10.1. The van der Waals surface area contributed by atoms with Crippen molar-refractivity contribution in [1.29, 1.82) is 0 Å². The Labute approximate surface area is 82.0 Å². The molecule has 2 aromatic rings. The highest BCUT2D eigenvalue weighted by atomic mass is 16.4. The molecule has 0 saturated heterocycles. The lowest BCUT2D eigenvalue weighted by molar-refractivity contribution is 0.588. The average molecular weight is 189 g/mol. The van der Waals surface area contributed by atoms with Crippen LogP contribution in [0, 0.1) is 6.92 Å². The smallest absolute Gasteiger partial charge is 0.295 e. The summed E-state index contributed by atoms with van der Waals surface area (Å²) in [6, 6.07) is 4.34. The molecule has 0 bridgehead atoms. The first kappa shape index (κ1) is 8.74. The molecular formula is C10H11N3O. The zero-order chi connectivity index (χ0) is 9.97. The molecule has 0 saturated carbocycles. The predicted octanol–water partition coefficient (Wildman–Crippen LogP) is 2.09. The molecule has 4 nitrogen and oxygen atoms in total. The quantitative estimate of drug-likeness (QED) is 0.785. The standard InChI is InChI=1S/C10H11N3O/c1-7-9(14-10(11-2)13-7)8-4-3-5-12-6-8/h3-6H,1-2H3,(H,11,13). The van der Waals surface area contributed by atoms with Crippen LogP contribution < -0.4 is 5.32 Å². The molecule has 0 fully saturated rings. The molecule has 0 aromatic carbocycles. The van der Waals surface area contributed by atoms with Crippen molar-refractivity contribution in [2.75, 3.05) is 12.4 Å². The van der Waals surface area contributed by atoms with E-state index in [-0.39, 0.29) is 0 Å². The number of anilines is 1. The van der Waals surface area contributed by atoms with Crippen molar-refractivity contribution in [2.24, 2.45) is 0 Å². The van der Waals surface area contributed by atoms with Crippen LogP contribution in [0.5, 0.6) is 0 Å². The number of hydrogen-bond acceptors (Lipinski definition) is 4. The van der Waals surface area contributed by atoms with Crippen molar-refractivity contribution in [3.05, 3.63) is 30.2 Å². The second-order valence-electron chi connectivity index (χ2n) is 2.93. The molecular weight excluding hydrogens is 178 g/mol. The Hall–Kier alpha value is -1.84. The molecule has 0 aliphatic carbocycles. The average Bonchev–Trinajstić information content (AvgIpc) is 2.61. The van der Waals surface area contributed by atoms with Crippen molar-refractivity contribution < 1.29 is 4.42 Å². The van der Waals surface area contributed by atoms with Crippen molar-refractivity contribution in [3.63, 3.8) is 0 Å². The molecule has 2 aromatic heterocycles.